The van der Waals surface area contributed by atoms with Crippen LogP contribution in [0, 0.1) is 0 Å². The number of nitrogens with zero attached hydrogens (tertiary/aromatic N) is 2. The molecule has 4 atom stereocenters. The van der Waals surface area contributed by atoms with E-state index >= 15 is 0 Å². The van der Waals surface area contributed by atoms with Crippen molar-refractivity contribution < 1.29 is 29.3 Å². The van der Waals surface area contributed by atoms with Crippen LogP contribution in [0.4, 0.5) is 9.59 Å². The Balaban J connectivity index is 1.67. The highest BCUT2D eigenvalue weighted by Gasteiger charge is 2.70. The van der Waals surface area contributed by atoms with Gasteiger partial charge in [-0.3, -0.25) is 0 Å². The van der Waals surface area contributed by atoms with Crippen molar-refractivity contribution in [3.8, 4) is 0 Å². The topological polar surface area (TPSA) is 99.5 Å². The standard InChI is InChI=1S/C24H28N2O6/c1-21(15-17-11-7-5-8-12-17)23(3,29)25(19(27)31-21)26-20(28)32-22(2,24(26,4)30)16-18-13-9-6-10-14-18/h5-14,29-30H,15-16H2,1-4H3/t21-,22+,23-,24+. The quantitative estimate of drug-likeness (QED) is 0.741. The second kappa shape index (κ2) is 7.21. The fourth-order valence-corrected chi connectivity index (χ4v) is 4.40. The number of hydrazine groups is 1. The molecule has 0 unspecified atom stereocenters. The number of ether oxygens (including phenoxy) is 2. The average molecular weight is 440 g/mol. The Hall–Kier alpha value is -3.10. The largest absolute Gasteiger partial charge is 0.436 e. The fourth-order valence-electron chi connectivity index (χ4n) is 4.40. The highest BCUT2D eigenvalue weighted by molar-refractivity contribution is 5.79. The summed E-state index contributed by atoms with van der Waals surface area (Å²) in [4.78, 5) is 25.9. The van der Waals surface area contributed by atoms with E-state index in [4.69, 9.17) is 9.47 Å². The Morgan fingerprint density at radius 3 is 1.28 bits per heavy atom. The number of hydrogen-bond acceptors (Lipinski definition) is 6. The highest BCUT2D eigenvalue weighted by atomic mass is 16.7. The van der Waals surface area contributed by atoms with Crippen molar-refractivity contribution in [1.82, 2.24) is 10.0 Å². The number of aliphatic hydroxyl groups is 2. The molecule has 0 saturated carbocycles. The van der Waals surface area contributed by atoms with Crippen LogP contribution < -0.4 is 0 Å². The molecule has 2 heterocycles. The smallest absolute Gasteiger partial charge is 0.432 e. The molecule has 2 saturated heterocycles. The van der Waals surface area contributed by atoms with Crippen molar-refractivity contribution in [3.05, 3.63) is 71.8 Å². The van der Waals surface area contributed by atoms with Crippen LogP contribution in [0.25, 0.3) is 0 Å². The van der Waals surface area contributed by atoms with E-state index < -0.39 is 34.8 Å². The van der Waals surface area contributed by atoms with Gasteiger partial charge in [0.1, 0.15) is 0 Å². The Kier molecular flexibility index (Phi) is 4.98. The molecule has 8 heteroatoms. The lowest BCUT2D eigenvalue weighted by Gasteiger charge is -2.44. The predicted molar refractivity (Wildman–Crippen MR) is 115 cm³/mol. The minimum Gasteiger partial charge on any atom is -0.436 e. The Morgan fingerprint density at radius 1 is 0.656 bits per heavy atom. The Morgan fingerprint density at radius 2 is 0.969 bits per heavy atom. The van der Waals surface area contributed by atoms with Gasteiger partial charge in [0.2, 0.25) is 11.4 Å². The molecule has 2 N–H and O–H groups in total. The van der Waals surface area contributed by atoms with E-state index in [-0.39, 0.29) is 12.8 Å². The van der Waals surface area contributed by atoms with Crippen LogP contribution in [0.5, 0.6) is 0 Å². The van der Waals surface area contributed by atoms with E-state index in [2.05, 4.69) is 0 Å². The summed E-state index contributed by atoms with van der Waals surface area (Å²) in [6.45, 7) is 5.96. The van der Waals surface area contributed by atoms with Crippen LogP contribution in [0.3, 0.4) is 0 Å². The third-order valence-electron chi connectivity index (χ3n) is 6.77. The molecule has 0 radical (unpaired) electrons. The lowest BCUT2D eigenvalue weighted by Crippen LogP contribution is -2.68. The lowest BCUT2D eigenvalue weighted by atomic mass is 9.86. The molecular weight excluding hydrogens is 412 g/mol. The predicted octanol–water partition coefficient (Wildman–Crippen LogP) is 3.23. The average Bonchev–Trinajstić information content (AvgIpc) is 2.98. The zero-order chi connectivity index (χ0) is 23.4. The molecule has 0 aromatic heterocycles. The number of carbonyl (C=O) groups is 2. The summed E-state index contributed by atoms with van der Waals surface area (Å²) in [5, 5.41) is 24.5. The molecule has 2 amide bonds. The van der Waals surface area contributed by atoms with Gasteiger partial charge >= 0.3 is 12.2 Å². The van der Waals surface area contributed by atoms with E-state index in [1.165, 1.54) is 13.8 Å². The van der Waals surface area contributed by atoms with Crippen LogP contribution in [-0.2, 0) is 22.3 Å². The maximum Gasteiger partial charge on any atom is 0.432 e. The molecule has 0 aliphatic carbocycles. The number of cyclic esters (lactones) is 2. The van der Waals surface area contributed by atoms with Crippen molar-refractivity contribution in [1.29, 1.82) is 0 Å². The van der Waals surface area contributed by atoms with Gasteiger partial charge in [0.05, 0.1) is 0 Å². The monoisotopic (exact) mass is 440 g/mol. The summed E-state index contributed by atoms with van der Waals surface area (Å²) in [5.41, 5.74) is -5.01. The lowest BCUT2D eigenvalue weighted by molar-refractivity contribution is -0.245. The van der Waals surface area contributed by atoms with Gasteiger partial charge < -0.3 is 19.7 Å². The molecule has 2 aliphatic heterocycles. The number of amides is 2. The summed E-state index contributed by atoms with van der Waals surface area (Å²) in [5.74, 6) is 0. The summed E-state index contributed by atoms with van der Waals surface area (Å²) >= 11 is 0. The van der Waals surface area contributed by atoms with Crippen molar-refractivity contribution in [2.75, 3.05) is 0 Å². The molecule has 0 bridgehead atoms. The fraction of sp³-hybridized carbons (Fsp3) is 0.417. The molecule has 2 aliphatic rings. The van der Waals surface area contributed by atoms with Gasteiger partial charge in [0.15, 0.2) is 11.2 Å². The van der Waals surface area contributed by atoms with Gasteiger partial charge in [-0.15, -0.1) is 0 Å². The first kappa shape index (κ1) is 22.1. The second-order valence-corrected chi connectivity index (χ2v) is 9.19. The summed E-state index contributed by atoms with van der Waals surface area (Å²) in [6, 6.07) is 18.5. The molecule has 32 heavy (non-hydrogen) atoms. The number of carbonyl (C=O) groups excluding carboxylic acids is 2. The normalized spacial score (nSPS) is 34.6. The van der Waals surface area contributed by atoms with E-state index in [1.54, 1.807) is 13.8 Å². The Labute approximate surface area is 186 Å². The van der Waals surface area contributed by atoms with E-state index in [0.717, 1.165) is 21.1 Å². The summed E-state index contributed by atoms with van der Waals surface area (Å²) in [6.07, 6.45) is -1.49. The van der Waals surface area contributed by atoms with Crippen LogP contribution in [0.15, 0.2) is 60.7 Å². The van der Waals surface area contributed by atoms with E-state index in [0.29, 0.717) is 0 Å². The molecule has 2 fully saturated rings. The number of benzene rings is 2. The second-order valence-electron chi connectivity index (χ2n) is 9.19. The van der Waals surface area contributed by atoms with Crippen LogP contribution in [-0.4, -0.2) is 55.1 Å². The van der Waals surface area contributed by atoms with Crippen LogP contribution in [0.2, 0.25) is 0 Å². The van der Waals surface area contributed by atoms with E-state index in [9.17, 15) is 19.8 Å². The van der Waals surface area contributed by atoms with Crippen LogP contribution >= 0.6 is 0 Å². The zero-order valence-electron chi connectivity index (χ0n) is 18.6. The molecule has 170 valence electrons. The minimum absolute atomic E-state index is 0.204. The first-order chi connectivity index (χ1) is 14.9. The van der Waals surface area contributed by atoms with Gasteiger partial charge in [0, 0.05) is 12.8 Å². The van der Waals surface area contributed by atoms with Gasteiger partial charge in [-0.1, -0.05) is 60.7 Å². The molecule has 2 aromatic rings. The molecule has 4 rings (SSSR count). The third-order valence-corrected chi connectivity index (χ3v) is 6.77. The third kappa shape index (κ3) is 3.22. The minimum atomic E-state index is -1.96. The van der Waals surface area contributed by atoms with Gasteiger partial charge in [-0.25, -0.2) is 9.59 Å². The maximum atomic E-state index is 13.0. The van der Waals surface area contributed by atoms with Crippen molar-refractivity contribution >= 4 is 12.2 Å². The number of rotatable bonds is 5. The van der Waals surface area contributed by atoms with Crippen molar-refractivity contribution in [2.45, 2.75) is 63.2 Å². The van der Waals surface area contributed by atoms with Crippen molar-refractivity contribution in [2.24, 2.45) is 0 Å². The van der Waals surface area contributed by atoms with Gasteiger partial charge in [0.25, 0.3) is 0 Å². The summed E-state index contributed by atoms with van der Waals surface area (Å²) in [7, 11) is 0. The molecule has 8 nitrogen and oxygen atoms in total. The summed E-state index contributed by atoms with van der Waals surface area (Å²) < 4.78 is 11.2. The van der Waals surface area contributed by atoms with Crippen molar-refractivity contribution in [3.63, 3.8) is 0 Å². The van der Waals surface area contributed by atoms with E-state index in [1.807, 2.05) is 60.7 Å². The number of hydrogen-bond donors (Lipinski definition) is 2. The first-order valence-corrected chi connectivity index (χ1v) is 10.5. The molecule has 2 aromatic carbocycles. The van der Waals surface area contributed by atoms with Gasteiger partial charge in [-0.2, -0.15) is 10.0 Å². The SMILES string of the molecule is C[C@]1(Cc2ccccc2)OC(=O)N(N2C(=O)O[C@@](C)(Cc3ccccc3)[C@]2(C)O)[C@]1(C)O. The first-order valence-electron chi connectivity index (χ1n) is 10.5. The highest BCUT2D eigenvalue weighted by Crippen LogP contribution is 2.47. The molecule has 0 spiro atoms. The van der Waals surface area contributed by atoms with Gasteiger partial charge in [-0.05, 0) is 38.8 Å². The molecular formula is C24H28N2O6. The maximum absolute atomic E-state index is 13.0. The zero-order valence-corrected chi connectivity index (χ0v) is 18.6. The van der Waals surface area contributed by atoms with Crippen LogP contribution in [0.1, 0.15) is 38.8 Å². The Bertz CT molecular complexity index is 942.